The molecule has 0 radical (unpaired) electrons. The molecule has 0 amide bonds. The highest BCUT2D eigenvalue weighted by atomic mass is 32.2. The van der Waals surface area contributed by atoms with Crippen LogP contribution in [0.3, 0.4) is 0 Å². The second kappa shape index (κ2) is 8.97. The molecule has 1 saturated heterocycles. The van der Waals surface area contributed by atoms with Gasteiger partial charge in [-0.15, -0.1) is 0 Å². The number of sulfonamides is 1. The summed E-state index contributed by atoms with van der Waals surface area (Å²) < 4.78 is 32.0. The fourth-order valence-corrected chi connectivity index (χ4v) is 3.74. The number of hydrogen-bond acceptors (Lipinski definition) is 4. The van der Waals surface area contributed by atoms with E-state index in [-0.39, 0.29) is 11.8 Å². The lowest BCUT2D eigenvalue weighted by Gasteiger charge is -2.35. The van der Waals surface area contributed by atoms with Gasteiger partial charge in [0.05, 0.1) is 19.0 Å². The van der Waals surface area contributed by atoms with Crippen LogP contribution in [0.1, 0.15) is 40.0 Å². The Bertz CT molecular complexity index is 351. The third-order valence-corrected chi connectivity index (χ3v) is 5.04. The van der Waals surface area contributed by atoms with Crippen molar-refractivity contribution in [3.05, 3.63) is 0 Å². The van der Waals surface area contributed by atoms with Crippen LogP contribution in [0.4, 0.5) is 0 Å². The molecule has 0 aromatic heterocycles. The van der Waals surface area contributed by atoms with Crippen LogP contribution in [-0.2, 0) is 14.8 Å². The molecule has 0 aliphatic carbocycles. The zero-order chi connectivity index (χ0) is 15.0. The molecule has 1 aliphatic rings. The fraction of sp³-hybridized carbons (Fsp3) is 1.00. The Morgan fingerprint density at radius 3 is 2.45 bits per heavy atom. The van der Waals surface area contributed by atoms with Gasteiger partial charge in [0.1, 0.15) is 0 Å². The number of unbranched alkanes of at least 4 members (excludes halogenated alkanes) is 1. The summed E-state index contributed by atoms with van der Waals surface area (Å²) in [7, 11) is -3.12. The number of rotatable bonds is 9. The summed E-state index contributed by atoms with van der Waals surface area (Å²) in [5.74, 6) is 0.795. The van der Waals surface area contributed by atoms with Crippen LogP contribution in [0.15, 0.2) is 0 Å². The minimum atomic E-state index is -3.12. The van der Waals surface area contributed by atoms with Gasteiger partial charge in [-0.25, -0.2) is 13.1 Å². The Morgan fingerprint density at radius 2 is 1.90 bits per heavy atom. The molecule has 1 aliphatic heterocycles. The molecule has 120 valence electrons. The number of nitrogens with zero attached hydrogens (tertiary/aromatic N) is 1. The fourth-order valence-electron chi connectivity index (χ4n) is 2.48. The first kappa shape index (κ1) is 17.9. The molecular formula is C14H30N2O3S. The molecule has 6 heteroatoms. The highest BCUT2D eigenvalue weighted by molar-refractivity contribution is 7.89. The van der Waals surface area contributed by atoms with E-state index in [0.717, 1.165) is 45.6 Å². The van der Waals surface area contributed by atoms with Crippen molar-refractivity contribution in [1.82, 2.24) is 9.62 Å². The standard InChI is InChI=1S/C14H30N2O3S/c1-4-5-10-20(17,18)15-12-14(11-13(2)3)16-6-8-19-9-7-16/h13-15H,4-12H2,1-3H3. The molecule has 0 bridgehead atoms. The largest absolute Gasteiger partial charge is 0.379 e. The zero-order valence-electron chi connectivity index (χ0n) is 13.1. The average molecular weight is 306 g/mol. The normalized spacial score (nSPS) is 19.4. The topological polar surface area (TPSA) is 58.6 Å². The molecule has 1 fully saturated rings. The minimum Gasteiger partial charge on any atom is -0.379 e. The van der Waals surface area contributed by atoms with Crippen LogP contribution < -0.4 is 4.72 Å². The van der Waals surface area contributed by atoms with Gasteiger partial charge in [-0.2, -0.15) is 0 Å². The third kappa shape index (κ3) is 7.02. The van der Waals surface area contributed by atoms with E-state index in [1.165, 1.54) is 0 Å². The zero-order valence-corrected chi connectivity index (χ0v) is 13.9. The van der Waals surface area contributed by atoms with Gasteiger partial charge >= 0.3 is 0 Å². The Hall–Kier alpha value is -0.170. The van der Waals surface area contributed by atoms with Crippen LogP contribution in [0.25, 0.3) is 0 Å². The molecule has 1 heterocycles. The molecule has 0 aromatic rings. The van der Waals surface area contributed by atoms with Crippen LogP contribution in [0.2, 0.25) is 0 Å². The van der Waals surface area contributed by atoms with E-state index < -0.39 is 10.0 Å². The summed E-state index contributed by atoms with van der Waals surface area (Å²) in [4.78, 5) is 2.35. The lowest BCUT2D eigenvalue weighted by molar-refractivity contribution is 0.0134. The van der Waals surface area contributed by atoms with E-state index >= 15 is 0 Å². The number of nitrogens with one attached hydrogen (secondary N) is 1. The summed E-state index contributed by atoms with van der Waals surface area (Å²) in [6.45, 7) is 10.2. The van der Waals surface area contributed by atoms with Crippen molar-refractivity contribution in [2.75, 3.05) is 38.6 Å². The Labute approximate surface area is 124 Å². The Morgan fingerprint density at radius 1 is 1.25 bits per heavy atom. The van der Waals surface area contributed by atoms with Gasteiger partial charge in [0, 0.05) is 25.7 Å². The molecule has 5 nitrogen and oxygen atoms in total. The van der Waals surface area contributed by atoms with Crippen molar-refractivity contribution in [3.8, 4) is 0 Å². The Kier molecular flexibility index (Phi) is 8.02. The minimum absolute atomic E-state index is 0.237. The van der Waals surface area contributed by atoms with Crippen LogP contribution in [0.5, 0.6) is 0 Å². The molecule has 1 unspecified atom stereocenters. The first-order chi connectivity index (χ1) is 9.44. The van der Waals surface area contributed by atoms with Gasteiger partial charge in [-0.1, -0.05) is 27.2 Å². The van der Waals surface area contributed by atoms with Crippen molar-refractivity contribution in [3.63, 3.8) is 0 Å². The van der Waals surface area contributed by atoms with Gasteiger partial charge in [-0.05, 0) is 18.8 Å². The van der Waals surface area contributed by atoms with Crippen molar-refractivity contribution < 1.29 is 13.2 Å². The molecule has 0 saturated carbocycles. The van der Waals surface area contributed by atoms with Crippen molar-refractivity contribution in [2.24, 2.45) is 5.92 Å². The number of hydrogen-bond donors (Lipinski definition) is 1. The SMILES string of the molecule is CCCCS(=O)(=O)NCC(CC(C)C)N1CCOCC1. The Balaban J connectivity index is 2.51. The molecule has 1 N–H and O–H groups in total. The second-order valence-corrected chi connectivity index (χ2v) is 7.88. The van der Waals surface area contributed by atoms with Gasteiger partial charge in [0.25, 0.3) is 0 Å². The predicted molar refractivity (Wildman–Crippen MR) is 82.3 cm³/mol. The van der Waals surface area contributed by atoms with Crippen molar-refractivity contribution in [1.29, 1.82) is 0 Å². The lowest BCUT2D eigenvalue weighted by Crippen LogP contribution is -2.49. The van der Waals surface area contributed by atoms with Crippen LogP contribution in [-0.4, -0.2) is 58.0 Å². The van der Waals surface area contributed by atoms with Crippen molar-refractivity contribution in [2.45, 2.75) is 46.1 Å². The smallest absolute Gasteiger partial charge is 0.211 e. The molecule has 0 aromatic carbocycles. The lowest BCUT2D eigenvalue weighted by atomic mass is 10.0. The van der Waals surface area contributed by atoms with Crippen molar-refractivity contribution >= 4 is 10.0 Å². The highest BCUT2D eigenvalue weighted by Crippen LogP contribution is 2.13. The summed E-state index contributed by atoms with van der Waals surface area (Å²) in [6, 6.07) is 0.273. The molecular weight excluding hydrogens is 276 g/mol. The average Bonchev–Trinajstić information content (AvgIpc) is 2.42. The molecule has 1 rings (SSSR count). The summed E-state index contributed by atoms with van der Waals surface area (Å²) in [5.41, 5.74) is 0. The predicted octanol–water partition coefficient (Wildman–Crippen LogP) is 1.45. The monoisotopic (exact) mass is 306 g/mol. The maximum Gasteiger partial charge on any atom is 0.211 e. The highest BCUT2D eigenvalue weighted by Gasteiger charge is 2.23. The van der Waals surface area contributed by atoms with Gasteiger partial charge in [0.15, 0.2) is 0 Å². The van der Waals surface area contributed by atoms with Crippen LogP contribution in [0, 0.1) is 5.92 Å². The second-order valence-electron chi connectivity index (χ2n) is 5.95. The van der Waals surface area contributed by atoms with E-state index in [1.54, 1.807) is 0 Å². The first-order valence-corrected chi connectivity index (χ1v) is 9.39. The number of ether oxygens (including phenoxy) is 1. The van der Waals surface area contributed by atoms with Crippen LogP contribution >= 0.6 is 0 Å². The van der Waals surface area contributed by atoms with Gasteiger partial charge in [-0.3, -0.25) is 4.90 Å². The maximum absolute atomic E-state index is 11.9. The van der Waals surface area contributed by atoms with E-state index in [0.29, 0.717) is 12.5 Å². The van der Waals surface area contributed by atoms with Gasteiger partial charge < -0.3 is 4.74 Å². The van der Waals surface area contributed by atoms with E-state index in [1.807, 2.05) is 6.92 Å². The maximum atomic E-state index is 11.9. The molecule has 0 spiro atoms. The molecule has 20 heavy (non-hydrogen) atoms. The summed E-state index contributed by atoms with van der Waals surface area (Å²) in [6.07, 6.45) is 2.64. The first-order valence-electron chi connectivity index (χ1n) is 7.73. The van der Waals surface area contributed by atoms with E-state index in [4.69, 9.17) is 4.74 Å². The summed E-state index contributed by atoms with van der Waals surface area (Å²) in [5, 5.41) is 0. The van der Waals surface area contributed by atoms with E-state index in [9.17, 15) is 8.42 Å². The number of morpholine rings is 1. The molecule has 1 atom stereocenters. The third-order valence-electron chi connectivity index (χ3n) is 3.61. The van der Waals surface area contributed by atoms with E-state index in [2.05, 4.69) is 23.5 Å². The quantitative estimate of drug-likeness (QED) is 0.700. The summed E-state index contributed by atoms with van der Waals surface area (Å²) >= 11 is 0. The van der Waals surface area contributed by atoms with Gasteiger partial charge in [0.2, 0.25) is 10.0 Å².